The van der Waals surface area contributed by atoms with E-state index in [9.17, 15) is 5.11 Å². The Kier molecular flexibility index (Phi) is 3.71. The summed E-state index contributed by atoms with van der Waals surface area (Å²) < 4.78 is 7.56. The van der Waals surface area contributed by atoms with Gasteiger partial charge in [0.15, 0.2) is 0 Å². The van der Waals surface area contributed by atoms with Crippen molar-refractivity contribution in [1.82, 2.24) is 0 Å². The summed E-state index contributed by atoms with van der Waals surface area (Å²) in [6, 6.07) is 13.6. The van der Waals surface area contributed by atoms with Gasteiger partial charge in [-0.3, -0.25) is 0 Å². The van der Waals surface area contributed by atoms with Gasteiger partial charge in [0.2, 0.25) is 0 Å². The number of aryl methyl sites for hydroxylation is 1. The predicted octanol–water partition coefficient (Wildman–Crippen LogP) is 5.35. The van der Waals surface area contributed by atoms with Gasteiger partial charge in [0.1, 0.15) is 17.4 Å². The molecule has 0 saturated carbocycles. The Hall–Kier alpha value is -1.10. The summed E-state index contributed by atoms with van der Waals surface area (Å²) >= 11 is 6.85. The standard InChI is InChI=1S/C16H12Br2O2/c1-9-2-3-14-10(4-9)7-15(20-14)16(19)11-5-12(17)8-13(18)6-11/h2-8,16,19H,1H3. The molecule has 0 aliphatic heterocycles. The lowest BCUT2D eigenvalue weighted by molar-refractivity contribution is 0.192. The molecule has 4 heteroatoms. The summed E-state index contributed by atoms with van der Waals surface area (Å²) in [6.45, 7) is 2.04. The van der Waals surface area contributed by atoms with Crippen LogP contribution in [0.3, 0.4) is 0 Å². The number of hydrogen-bond acceptors (Lipinski definition) is 2. The summed E-state index contributed by atoms with van der Waals surface area (Å²) in [7, 11) is 0. The van der Waals surface area contributed by atoms with Crippen molar-refractivity contribution in [3.63, 3.8) is 0 Å². The maximum Gasteiger partial charge on any atom is 0.138 e. The van der Waals surface area contributed by atoms with Gasteiger partial charge in [-0.2, -0.15) is 0 Å². The monoisotopic (exact) mass is 394 g/mol. The van der Waals surface area contributed by atoms with Crippen molar-refractivity contribution < 1.29 is 9.52 Å². The molecule has 0 bridgehead atoms. The van der Waals surface area contributed by atoms with Crippen molar-refractivity contribution in [2.45, 2.75) is 13.0 Å². The predicted molar refractivity (Wildman–Crippen MR) is 86.9 cm³/mol. The van der Waals surface area contributed by atoms with Gasteiger partial charge in [0, 0.05) is 14.3 Å². The number of aliphatic hydroxyl groups is 1. The highest BCUT2D eigenvalue weighted by molar-refractivity contribution is 9.11. The number of furan rings is 1. The molecule has 0 aliphatic carbocycles. The smallest absolute Gasteiger partial charge is 0.138 e. The molecule has 3 rings (SSSR count). The third-order valence-corrected chi connectivity index (χ3v) is 4.08. The quantitative estimate of drug-likeness (QED) is 0.634. The zero-order valence-electron chi connectivity index (χ0n) is 10.7. The Bertz CT molecular complexity index is 757. The molecule has 0 spiro atoms. The molecule has 1 unspecified atom stereocenters. The summed E-state index contributed by atoms with van der Waals surface area (Å²) in [6.07, 6.45) is -0.781. The van der Waals surface area contributed by atoms with Crippen molar-refractivity contribution in [2.75, 3.05) is 0 Å². The molecular weight excluding hydrogens is 384 g/mol. The topological polar surface area (TPSA) is 33.4 Å². The van der Waals surface area contributed by atoms with Crippen LogP contribution >= 0.6 is 31.9 Å². The number of rotatable bonds is 2. The first kappa shape index (κ1) is 13.9. The van der Waals surface area contributed by atoms with Crippen LogP contribution in [0, 0.1) is 6.92 Å². The normalized spacial score (nSPS) is 12.8. The van der Waals surface area contributed by atoms with Gasteiger partial charge in [-0.15, -0.1) is 0 Å². The zero-order chi connectivity index (χ0) is 14.3. The second kappa shape index (κ2) is 5.35. The molecule has 1 heterocycles. The second-order valence-corrected chi connectivity index (χ2v) is 6.63. The van der Waals surface area contributed by atoms with E-state index in [1.165, 1.54) is 5.56 Å². The van der Waals surface area contributed by atoms with E-state index >= 15 is 0 Å². The van der Waals surface area contributed by atoms with Crippen LogP contribution in [0.5, 0.6) is 0 Å². The van der Waals surface area contributed by atoms with Crippen LogP contribution in [-0.4, -0.2) is 5.11 Å². The van der Waals surface area contributed by atoms with Gasteiger partial charge in [-0.05, 0) is 48.9 Å². The SMILES string of the molecule is Cc1ccc2oc(C(O)c3cc(Br)cc(Br)c3)cc2c1. The van der Waals surface area contributed by atoms with Crippen LogP contribution in [0.15, 0.2) is 55.8 Å². The first-order chi connectivity index (χ1) is 9.52. The highest BCUT2D eigenvalue weighted by Gasteiger charge is 2.16. The fraction of sp³-hybridized carbons (Fsp3) is 0.125. The second-order valence-electron chi connectivity index (χ2n) is 4.80. The average molecular weight is 396 g/mol. The van der Waals surface area contributed by atoms with Crippen molar-refractivity contribution in [2.24, 2.45) is 0 Å². The Morgan fingerprint density at radius 2 is 1.70 bits per heavy atom. The largest absolute Gasteiger partial charge is 0.458 e. The minimum atomic E-state index is -0.781. The molecule has 0 fully saturated rings. The number of hydrogen-bond donors (Lipinski definition) is 1. The van der Waals surface area contributed by atoms with E-state index in [2.05, 4.69) is 31.9 Å². The van der Waals surface area contributed by atoms with E-state index in [1.807, 2.05) is 49.4 Å². The molecule has 0 saturated heterocycles. The number of halogens is 2. The molecule has 0 aliphatic rings. The van der Waals surface area contributed by atoms with Gasteiger partial charge in [-0.25, -0.2) is 0 Å². The number of aliphatic hydroxyl groups excluding tert-OH is 1. The van der Waals surface area contributed by atoms with E-state index in [-0.39, 0.29) is 0 Å². The summed E-state index contributed by atoms with van der Waals surface area (Å²) in [5.41, 5.74) is 2.74. The highest BCUT2D eigenvalue weighted by atomic mass is 79.9. The van der Waals surface area contributed by atoms with Crippen molar-refractivity contribution in [3.05, 3.63) is 68.3 Å². The van der Waals surface area contributed by atoms with Crippen LogP contribution in [0.25, 0.3) is 11.0 Å². The van der Waals surface area contributed by atoms with Crippen molar-refractivity contribution >= 4 is 42.8 Å². The third-order valence-electron chi connectivity index (χ3n) is 3.16. The van der Waals surface area contributed by atoms with Gasteiger partial charge in [0.05, 0.1) is 0 Å². The van der Waals surface area contributed by atoms with E-state index in [4.69, 9.17) is 4.42 Å². The Morgan fingerprint density at radius 3 is 2.40 bits per heavy atom. The molecule has 1 atom stereocenters. The average Bonchev–Trinajstić information content (AvgIpc) is 2.79. The lowest BCUT2D eigenvalue weighted by Gasteiger charge is -2.09. The fourth-order valence-electron chi connectivity index (χ4n) is 2.22. The fourth-order valence-corrected chi connectivity index (χ4v) is 3.54. The summed E-state index contributed by atoms with van der Waals surface area (Å²) in [5.74, 6) is 0.551. The molecule has 3 aromatic rings. The van der Waals surface area contributed by atoms with Crippen molar-refractivity contribution in [3.8, 4) is 0 Å². The summed E-state index contributed by atoms with van der Waals surface area (Å²) in [5, 5.41) is 11.5. The molecule has 0 amide bonds. The number of fused-ring (bicyclic) bond motifs is 1. The molecule has 2 aromatic carbocycles. The summed E-state index contributed by atoms with van der Waals surface area (Å²) in [4.78, 5) is 0. The first-order valence-electron chi connectivity index (χ1n) is 6.17. The lowest BCUT2D eigenvalue weighted by Crippen LogP contribution is -1.97. The maximum absolute atomic E-state index is 10.5. The molecule has 1 aromatic heterocycles. The zero-order valence-corrected chi connectivity index (χ0v) is 13.9. The van der Waals surface area contributed by atoms with Crippen LogP contribution < -0.4 is 0 Å². The van der Waals surface area contributed by atoms with Crippen LogP contribution in [-0.2, 0) is 0 Å². The molecule has 0 radical (unpaired) electrons. The third kappa shape index (κ3) is 2.68. The lowest BCUT2D eigenvalue weighted by atomic mass is 10.1. The Morgan fingerprint density at radius 1 is 1.00 bits per heavy atom. The van der Waals surface area contributed by atoms with Gasteiger partial charge >= 0.3 is 0 Å². The highest BCUT2D eigenvalue weighted by Crippen LogP contribution is 2.31. The van der Waals surface area contributed by atoms with Crippen molar-refractivity contribution in [1.29, 1.82) is 0 Å². The molecule has 2 nitrogen and oxygen atoms in total. The van der Waals surface area contributed by atoms with Crippen LogP contribution in [0.1, 0.15) is 23.0 Å². The Labute approximate surface area is 133 Å². The first-order valence-corrected chi connectivity index (χ1v) is 7.76. The minimum Gasteiger partial charge on any atom is -0.458 e. The minimum absolute atomic E-state index is 0.551. The van der Waals surface area contributed by atoms with Crippen LogP contribution in [0.4, 0.5) is 0 Å². The molecule has 102 valence electrons. The van der Waals surface area contributed by atoms with E-state index in [1.54, 1.807) is 0 Å². The van der Waals surface area contributed by atoms with Crippen LogP contribution in [0.2, 0.25) is 0 Å². The van der Waals surface area contributed by atoms with E-state index in [0.29, 0.717) is 5.76 Å². The van der Waals surface area contributed by atoms with Gasteiger partial charge in [0.25, 0.3) is 0 Å². The molecule has 20 heavy (non-hydrogen) atoms. The van der Waals surface area contributed by atoms with Gasteiger partial charge < -0.3 is 9.52 Å². The van der Waals surface area contributed by atoms with E-state index in [0.717, 1.165) is 25.5 Å². The van der Waals surface area contributed by atoms with Gasteiger partial charge in [-0.1, -0.05) is 43.5 Å². The Balaban J connectivity index is 2.05. The maximum atomic E-state index is 10.5. The molecule has 1 N–H and O–H groups in total. The van der Waals surface area contributed by atoms with E-state index < -0.39 is 6.10 Å². The molecular formula is C16H12Br2O2. The number of benzene rings is 2.